The Morgan fingerprint density at radius 3 is 2.72 bits per heavy atom. The minimum atomic E-state index is 0.863. The molecule has 0 spiro atoms. The Morgan fingerprint density at radius 1 is 1.11 bits per heavy atom. The number of hydrogen-bond acceptors (Lipinski definition) is 5. The first-order chi connectivity index (χ1) is 8.88. The standard InChI is InChI=1S/C13H16N4S/c1-2-5-14-8-11-3-4-12(17-9-11)18-13-10-15-6-7-16-13/h3-4,6-7,9-10,14H,2,5,8H2,1H3. The Kier molecular flexibility index (Phi) is 5.11. The van der Waals surface area contributed by atoms with Gasteiger partial charge in [-0.1, -0.05) is 13.0 Å². The Bertz CT molecular complexity index is 458. The highest BCUT2D eigenvalue weighted by molar-refractivity contribution is 7.99. The number of rotatable bonds is 6. The number of pyridine rings is 1. The van der Waals surface area contributed by atoms with Crippen molar-refractivity contribution in [3.05, 3.63) is 42.5 Å². The summed E-state index contributed by atoms with van der Waals surface area (Å²) in [7, 11) is 0. The summed E-state index contributed by atoms with van der Waals surface area (Å²) in [5, 5.41) is 5.15. The third-order valence-corrected chi connectivity index (χ3v) is 3.17. The van der Waals surface area contributed by atoms with E-state index in [2.05, 4.69) is 33.3 Å². The van der Waals surface area contributed by atoms with E-state index in [4.69, 9.17) is 0 Å². The van der Waals surface area contributed by atoms with Crippen molar-refractivity contribution < 1.29 is 0 Å². The van der Waals surface area contributed by atoms with Gasteiger partial charge in [0.25, 0.3) is 0 Å². The van der Waals surface area contributed by atoms with Crippen LogP contribution in [0, 0.1) is 0 Å². The summed E-state index contributed by atoms with van der Waals surface area (Å²) in [4.78, 5) is 12.6. The Labute approximate surface area is 111 Å². The van der Waals surface area contributed by atoms with Gasteiger partial charge in [0.2, 0.25) is 0 Å². The zero-order valence-electron chi connectivity index (χ0n) is 10.3. The third kappa shape index (κ3) is 4.09. The Balaban J connectivity index is 1.91. The van der Waals surface area contributed by atoms with Crippen LogP contribution in [0.5, 0.6) is 0 Å². The summed E-state index contributed by atoms with van der Waals surface area (Å²) in [6, 6.07) is 4.11. The molecular weight excluding hydrogens is 244 g/mol. The molecule has 0 atom stereocenters. The van der Waals surface area contributed by atoms with Crippen LogP contribution < -0.4 is 5.32 Å². The average molecular weight is 260 g/mol. The van der Waals surface area contributed by atoms with Crippen LogP contribution in [0.1, 0.15) is 18.9 Å². The van der Waals surface area contributed by atoms with E-state index in [1.807, 2.05) is 12.3 Å². The quantitative estimate of drug-likeness (QED) is 0.809. The number of hydrogen-bond donors (Lipinski definition) is 1. The van der Waals surface area contributed by atoms with E-state index >= 15 is 0 Å². The number of nitrogens with zero attached hydrogens (tertiary/aromatic N) is 3. The van der Waals surface area contributed by atoms with Gasteiger partial charge in [0, 0.05) is 25.1 Å². The highest BCUT2D eigenvalue weighted by Crippen LogP contribution is 2.22. The minimum Gasteiger partial charge on any atom is -0.313 e. The minimum absolute atomic E-state index is 0.863. The van der Waals surface area contributed by atoms with Gasteiger partial charge in [0.1, 0.15) is 10.1 Å². The normalized spacial score (nSPS) is 10.5. The van der Waals surface area contributed by atoms with Crippen LogP contribution in [0.2, 0.25) is 0 Å². The molecule has 0 aliphatic carbocycles. The van der Waals surface area contributed by atoms with Crippen LogP contribution in [0.15, 0.2) is 47.0 Å². The molecule has 18 heavy (non-hydrogen) atoms. The number of nitrogens with one attached hydrogen (secondary N) is 1. The van der Waals surface area contributed by atoms with Crippen molar-refractivity contribution in [2.24, 2.45) is 0 Å². The fraction of sp³-hybridized carbons (Fsp3) is 0.308. The second-order valence-corrected chi connectivity index (χ2v) is 4.87. The highest BCUT2D eigenvalue weighted by atomic mass is 32.2. The van der Waals surface area contributed by atoms with Gasteiger partial charge in [-0.05, 0) is 36.4 Å². The highest BCUT2D eigenvalue weighted by Gasteiger charge is 2.00. The topological polar surface area (TPSA) is 50.7 Å². The second kappa shape index (κ2) is 7.08. The molecule has 0 fully saturated rings. The van der Waals surface area contributed by atoms with Crippen LogP contribution in [-0.4, -0.2) is 21.5 Å². The first-order valence-corrected chi connectivity index (χ1v) is 6.79. The smallest absolute Gasteiger partial charge is 0.121 e. The van der Waals surface area contributed by atoms with E-state index in [0.717, 1.165) is 29.6 Å². The van der Waals surface area contributed by atoms with Crippen molar-refractivity contribution >= 4 is 11.8 Å². The van der Waals surface area contributed by atoms with Gasteiger partial charge in [0.15, 0.2) is 0 Å². The summed E-state index contributed by atoms with van der Waals surface area (Å²) in [6.07, 6.45) is 8.14. The maximum absolute atomic E-state index is 4.41. The molecule has 0 saturated heterocycles. The third-order valence-electron chi connectivity index (χ3n) is 2.30. The fourth-order valence-corrected chi connectivity index (χ4v) is 2.11. The molecule has 1 N–H and O–H groups in total. The van der Waals surface area contributed by atoms with E-state index in [9.17, 15) is 0 Å². The predicted octanol–water partition coefficient (Wildman–Crippen LogP) is 2.52. The lowest BCUT2D eigenvalue weighted by molar-refractivity contribution is 0.673. The van der Waals surface area contributed by atoms with Crippen molar-refractivity contribution in [2.75, 3.05) is 6.54 Å². The average Bonchev–Trinajstić information content (AvgIpc) is 2.42. The maximum atomic E-state index is 4.41. The molecule has 0 amide bonds. The molecule has 0 aromatic carbocycles. The van der Waals surface area contributed by atoms with Crippen molar-refractivity contribution in [3.63, 3.8) is 0 Å². The second-order valence-electron chi connectivity index (χ2n) is 3.83. The molecule has 0 radical (unpaired) electrons. The van der Waals surface area contributed by atoms with Crippen LogP contribution in [0.4, 0.5) is 0 Å². The van der Waals surface area contributed by atoms with Crippen LogP contribution >= 0.6 is 11.8 Å². The van der Waals surface area contributed by atoms with Crippen LogP contribution in [-0.2, 0) is 6.54 Å². The lowest BCUT2D eigenvalue weighted by Crippen LogP contribution is -2.13. The van der Waals surface area contributed by atoms with Crippen LogP contribution in [0.3, 0.4) is 0 Å². The lowest BCUT2D eigenvalue weighted by atomic mass is 10.3. The van der Waals surface area contributed by atoms with E-state index < -0.39 is 0 Å². The van der Waals surface area contributed by atoms with Gasteiger partial charge in [-0.2, -0.15) is 0 Å². The summed E-state index contributed by atoms with van der Waals surface area (Å²) in [5.74, 6) is 0. The fourth-order valence-electron chi connectivity index (χ4n) is 1.43. The first kappa shape index (κ1) is 13.0. The zero-order chi connectivity index (χ0) is 12.6. The Morgan fingerprint density at radius 2 is 2.06 bits per heavy atom. The molecule has 0 aliphatic rings. The van der Waals surface area contributed by atoms with Gasteiger partial charge in [-0.3, -0.25) is 4.98 Å². The molecule has 94 valence electrons. The van der Waals surface area contributed by atoms with Crippen molar-refractivity contribution in [3.8, 4) is 0 Å². The zero-order valence-corrected chi connectivity index (χ0v) is 11.2. The van der Waals surface area contributed by atoms with E-state index in [0.29, 0.717) is 0 Å². The number of aromatic nitrogens is 3. The molecule has 0 bridgehead atoms. The molecule has 2 rings (SSSR count). The monoisotopic (exact) mass is 260 g/mol. The first-order valence-electron chi connectivity index (χ1n) is 5.98. The van der Waals surface area contributed by atoms with Gasteiger partial charge in [-0.25, -0.2) is 9.97 Å². The molecule has 0 aliphatic heterocycles. The van der Waals surface area contributed by atoms with Gasteiger partial charge >= 0.3 is 0 Å². The van der Waals surface area contributed by atoms with E-state index in [1.54, 1.807) is 18.6 Å². The summed E-state index contributed by atoms with van der Waals surface area (Å²) in [6.45, 7) is 4.07. The summed E-state index contributed by atoms with van der Waals surface area (Å²) < 4.78 is 0. The molecule has 2 heterocycles. The van der Waals surface area contributed by atoms with Crippen molar-refractivity contribution in [1.82, 2.24) is 20.3 Å². The SMILES string of the molecule is CCCNCc1ccc(Sc2cnccn2)nc1. The lowest BCUT2D eigenvalue weighted by Gasteiger charge is -2.04. The van der Waals surface area contributed by atoms with Crippen LogP contribution in [0.25, 0.3) is 0 Å². The molecule has 0 unspecified atom stereocenters. The van der Waals surface area contributed by atoms with Crippen molar-refractivity contribution in [2.45, 2.75) is 29.9 Å². The molecule has 4 nitrogen and oxygen atoms in total. The molecular formula is C13H16N4S. The molecule has 2 aromatic rings. The largest absolute Gasteiger partial charge is 0.313 e. The van der Waals surface area contributed by atoms with Gasteiger partial charge in [0.05, 0.1) is 6.20 Å². The summed E-state index contributed by atoms with van der Waals surface area (Å²) >= 11 is 1.52. The predicted molar refractivity (Wildman–Crippen MR) is 72.4 cm³/mol. The molecule has 0 saturated carbocycles. The van der Waals surface area contributed by atoms with Gasteiger partial charge in [-0.15, -0.1) is 0 Å². The van der Waals surface area contributed by atoms with E-state index in [1.165, 1.54) is 17.3 Å². The van der Waals surface area contributed by atoms with E-state index in [-0.39, 0.29) is 0 Å². The molecule has 5 heteroatoms. The maximum Gasteiger partial charge on any atom is 0.121 e. The molecule has 2 aromatic heterocycles. The van der Waals surface area contributed by atoms with Crippen molar-refractivity contribution in [1.29, 1.82) is 0 Å². The summed E-state index contributed by atoms with van der Waals surface area (Å²) in [5.41, 5.74) is 1.20. The van der Waals surface area contributed by atoms with Gasteiger partial charge < -0.3 is 5.32 Å². The Hall–Kier alpha value is -1.46.